The fourth-order valence-corrected chi connectivity index (χ4v) is 3.45. The lowest BCUT2D eigenvalue weighted by molar-refractivity contribution is 0.306. The van der Waals surface area contributed by atoms with Gasteiger partial charge < -0.3 is 9.72 Å². The molecule has 1 atom stereocenters. The molecule has 0 spiro atoms. The molecule has 0 fully saturated rings. The summed E-state index contributed by atoms with van der Waals surface area (Å²) in [6, 6.07) is 18.5. The third-order valence-corrected chi connectivity index (χ3v) is 5.08. The number of nitrogens with one attached hydrogen (secondary N) is 1. The highest BCUT2D eigenvalue weighted by molar-refractivity contribution is 6.31. The van der Waals surface area contributed by atoms with Crippen LogP contribution < -0.4 is 4.74 Å². The van der Waals surface area contributed by atoms with Crippen LogP contribution in [0.4, 0.5) is 0 Å². The topological polar surface area (TPSA) is 50.8 Å². The number of fused-ring (bicyclic) bond motifs is 1. The van der Waals surface area contributed by atoms with E-state index < -0.39 is 0 Å². The quantitative estimate of drug-likeness (QED) is 0.436. The molecule has 0 aliphatic carbocycles. The average Bonchev–Trinajstić information content (AvgIpc) is 3.12. The number of H-pyrrole nitrogens is 1. The first kappa shape index (κ1) is 18.5. The predicted molar refractivity (Wildman–Crippen MR) is 113 cm³/mol. The van der Waals surface area contributed by atoms with Crippen LogP contribution in [0.3, 0.4) is 0 Å². The zero-order valence-corrected chi connectivity index (χ0v) is 16.7. The average molecular weight is 392 g/mol. The summed E-state index contributed by atoms with van der Waals surface area (Å²) in [5.74, 6) is 1.93. The van der Waals surface area contributed by atoms with Crippen LogP contribution >= 0.6 is 11.6 Å². The Labute approximate surface area is 169 Å². The largest absolute Gasteiger partial charge is 0.489 e. The van der Waals surface area contributed by atoms with Gasteiger partial charge in [-0.1, -0.05) is 60.5 Å². The van der Waals surface area contributed by atoms with Crippen LogP contribution in [0, 0.1) is 6.92 Å². The van der Waals surface area contributed by atoms with Crippen molar-refractivity contribution in [3.63, 3.8) is 0 Å². The summed E-state index contributed by atoms with van der Waals surface area (Å²) in [7, 11) is 0. The van der Waals surface area contributed by atoms with Crippen LogP contribution in [0.25, 0.3) is 11.2 Å². The van der Waals surface area contributed by atoms with Gasteiger partial charge in [0.1, 0.15) is 18.2 Å². The number of nitrogens with zero attached hydrogens (tertiary/aromatic N) is 2. The van der Waals surface area contributed by atoms with Gasteiger partial charge in [-0.15, -0.1) is 0 Å². The van der Waals surface area contributed by atoms with E-state index in [2.05, 4.69) is 65.2 Å². The Balaban J connectivity index is 1.49. The Morgan fingerprint density at radius 3 is 2.54 bits per heavy atom. The van der Waals surface area contributed by atoms with Gasteiger partial charge in [-0.2, -0.15) is 0 Å². The lowest BCUT2D eigenvalue weighted by Gasteiger charge is -2.14. The van der Waals surface area contributed by atoms with E-state index in [1.54, 1.807) is 6.20 Å². The number of rotatable bonds is 6. The Morgan fingerprint density at radius 1 is 1.07 bits per heavy atom. The highest BCUT2D eigenvalue weighted by Gasteiger charge is 2.17. The van der Waals surface area contributed by atoms with Crippen molar-refractivity contribution in [1.29, 1.82) is 0 Å². The summed E-state index contributed by atoms with van der Waals surface area (Å²) < 4.78 is 5.92. The summed E-state index contributed by atoms with van der Waals surface area (Å²) in [5.41, 5.74) is 5.15. The first-order valence-electron chi connectivity index (χ1n) is 9.42. The number of pyridine rings is 1. The molecule has 0 aliphatic rings. The normalized spacial score (nSPS) is 12.2. The van der Waals surface area contributed by atoms with Gasteiger partial charge >= 0.3 is 0 Å². The molecule has 4 rings (SSSR count). The maximum absolute atomic E-state index is 6.03. The van der Waals surface area contributed by atoms with Crippen LogP contribution in [0.1, 0.15) is 41.8 Å². The monoisotopic (exact) mass is 391 g/mol. The SMILES string of the molecule is CCC(c1ccc(OCc2ccc(C)cc2)cc1)c1nc2ncc(Cl)cc2[nH]1. The summed E-state index contributed by atoms with van der Waals surface area (Å²) in [6.07, 6.45) is 2.55. The van der Waals surface area contributed by atoms with Gasteiger partial charge in [-0.3, -0.25) is 0 Å². The van der Waals surface area contributed by atoms with E-state index in [0.717, 1.165) is 29.1 Å². The van der Waals surface area contributed by atoms with Gasteiger partial charge in [-0.25, -0.2) is 9.97 Å². The zero-order valence-electron chi connectivity index (χ0n) is 15.9. The summed E-state index contributed by atoms with van der Waals surface area (Å²) in [4.78, 5) is 12.3. The number of aromatic amines is 1. The molecule has 1 N–H and O–H groups in total. The van der Waals surface area contributed by atoms with E-state index in [9.17, 15) is 0 Å². The maximum atomic E-state index is 6.03. The molecule has 142 valence electrons. The van der Waals surface area contributed by atoms with Crippen molar-refractivity contribution in [2.45, 2.75) is 32.8 Å². The highest BCUT2D eigenvalue weighted by atomic mass is 35.5. The van der Waals surface area contributed by atoms with Crippen molar-refractivity contribution in [3.8, 4) is 5.75 Å². The molecule has 2 heterocycles. The zero-order chi connectivity index (χ0) is 19.5. The van der Waals surface area contributed by atoms with Crippen molar-refractivity contribution in [3.05, 3.63) is 88.3 Å². The molecule has 0 radical (unpaired) electrons. The van der Waals surface area contributed by atoms with Crippen LogP contribution in [-0.4, -0.2) is 15.0 Å². The van der Waals surface area contributed by atoms with Crippen molar-refractivity contribution in [2.24, 2.45) is 0 Å². The van der Waals surface area contributed by atoms with Crippen molar-refractivity contribution in [1.82, 2.24) is 15.0 Å². The third kappa shape index (κ3) is 4.02. The number of halogens is 1. The fraction of sp³-hybridized carbons (Fsp3) is 0.217. The van der Waals surface area contributed by atoms with E-state index >= 15 is 0 Å². The van der Waals surface area contributed by atoms with Crippen molar-refractivity contribution >= 4 is 22.8 Å². The molecule has 1 unspecified atom stereocenters. The van der Waals surface area contributed by atoms with Gasteiger partial charge in [0, 0.05) is 12.1 Å². The number of ether oxygens (including phenoxy) is 1. The number of benzene rings is 2. The molecule has 5 heteroatoms. The molecular weight excluding hydrogens is 370 g/mol. The van der Waals surface area contributed by atoms with Gasteiger partial charge in [-0.05, 0) is 42.7 Å². The van der Waals surface area contributed by atoms with Crippen LogP contribution in [0.5, 0.6) is 5.75 Å². The molecule has 0 bridgehead atoms. The molecule has 0 saturated heterocycles. The molecule has 0 amide bonds. The number of aryl methyl sites for hydroxylation is 1. The second kappa shape index (κ2) is 8.03. The van der Waals surface area contributed by atoms with Crippen LogP contribution in [0.2, 0.25) is 5.02 Å². The van der Waals surface area contributed by atoms with E-state index in [4.69, 9.17) is 16.3 Å². The number of aromatic nitrogens is 3. The molecule has 2 aromatic carbocycles. The standard InChI is InChI=1S/C23H22ClN3O/c1-3-20(22-26-21-12-18(24)13-25-23(21)27-22)17-8-10-19(11-9-17)28-14-16-6-4-15(2)5-7-16/h4-13,20H,3,14H2,1-2H3,(H,25,26,27). The molecule has 4 aromatic rings. The molecule has 0 aliphatic heterocycles. The molecule has 2 aromatic heterocycles. The summed E-state index contributed by atoms with van der Waals surface area (Å²) in [6.45, 7) is 4.80. The Hall–Kier alpha value is -2.85. The minimum atomic E-state index is 0.166. The number of hydrogen-bond acceptors (Lipinski definition) is 3. The van der Waals surface area contributed by atoms with E-state index in [-0.39, 0.29) is 5.92 Å². The first-order valence-corrected chi connectivity index (χ1v) is 9.79. The molecule has 4 nitrogen and oxygen atoms in total. The molecule has 28 heavy (non-hydrogen) atoms. The lowest BCUT2D eigenvalue weighted by Crippen LogP contribution is -2.02. The van der Waals surface area contributed by atoms with Gasteiger partial charge in [0.25, 0.3) is 0 Å². The van der Waals surface area contributed by atoms with Gasteiger partial charge in [0.2, 0.25) is 0 Å². The van der Waals surface area contributed by atoms with Gasteiger partial charge in [0.15, 0.2) is 5.65 Å². The predicted octanol–water partition coefficient (Wildman–Crippen LogP) is 6.04. The molecular formula is C23H22ClN3O. The highest BCUT2D eigenvalue weighted by Crippen LogP contribution is 2.29. The Morgan fingerprint density at radius 2 is 1.82 bits per heavy atom. The maximum Gasteiger partial charge on any atom is 0.177 e. The minimum Gasteiger partial charge on any atom is -0.489 e. The summed E-state index contributed by atoms with van der Waals surface area (Å²) >= 11 is 6.03. The lowest BCUT2D eigenvalue weighted by atomic mass is 9.96. The first-order chi connectivity index (χ1) is 13.6. The van der Waals surface area contributed by atoms with Crippen molar-refractivity contribution in [2.75, 3.05) is 0 Å². The number of hydrogen-bond donors (Lipinski definition) is 1. The van der Waals surface area contributed by atoms with Crippen LogP contribution in [0.15, 0.2) is 60.8 Å². The fourth-order valence-electron chi connectivity index (χ4n) is 3.29. The smallest absolute Gasteiger partial charge is 0.177 e. The minimum absolute atomic E-state index is 0.166. The Bertz CT molecular complexity index is 1070. The van der Waals surface area contributed by atoms with E-state index in [1.807, 2.05) is 18.2 Å². The molecule has 0 saturated carbocycles. The van der Waals surface area contributed by atoms with Gasteiger partial charge in [0.05, 0.1) is 10.5 Å². The van der Waals surface area contributed by atoms with Crippen molar-refractivity contribution < 1.29 is 4.74 Å². The van der Waals surface area contributed by atoms with Crippen LogP contribution in [-0.2, 0) is 6.61 Å². The second-order valence-corrected chi connectivity index (χ2v) is 7.39. The summed E-state index contributed by atoms with van der Waals surface area (Å²) in [5, 5.41) is 0.603. The van der Waals surface area contributed by atoms with E-state index in [1.165, 1.54) is 11.1 Å². The third-order valence-electron chi connectivity index (χ3n) is 4.87. The second-order valence-electron chi connectivity index (χ2n) is 6.95. The number of imidazole rings is 1. The Kier molecular flexibility index (Phi) is 5.31. The van der Waals surface area contributed by atoms with E-state index in [0.29, 0.717) is 17.3 Å².